The summed E-state index contributed by atoms with van der Waals surface area (Å²) in [5.41, 5.74) is 1.30. The zero-order chi connectivity index (χ0) is 18.9. The Morgan fingerprint density at radius 2 is 1.89 bits per heavy atom. The molecule has 142 valence electrons. The second kappa shape index (κ2) is 7.23. The van der Waals surface area contributed by atoms with Gasteiger partial charge < -0.3 is 14.5 Å². The van der Waals surface area contributed by atoms with E-state index < -0.39 is 5.54 Å². The molecule has 7 nitrogen and oxygen atoms in total. The van der Waals surface area contributed by atoms with Crippen LogP contribution in [0.4, 0.5) is 0 Å². The normalized spacial score (nSPS) is 22.8. The average Bonchev–Trinajstić information content (AvgIpc) is 3.12. The van der Waals surface area contributed by atoms with Gasteiger partial charge in [0.25, 0.3) is 5.91 Å². The molecule has 2 aliphatic rings. The molecule has 1 atom stereocenters. The van der Waals surface area contributed by atoms with Gasteiger partial charge >= 0.3 is 0 Å². The Kier molecular flexibility index (Phi) is 4.78. The lowest BCUT2D eigenvalue weighted by molar-refractivity contribution is -0.146. The topological polar surface area (TPSA) is 75.6 Å². The van der Waals surface area contributed by atoms with E-state index in [1.807, 2.05) is 11.0 Å². The summed E-state index contributed by atoms with van der Waals surface area (Å²) >= 11 is 0. The first-order chi connectivity index (χ1) is 13.2. The molecule has 2 aromatic rings. The van der Waals surface area contributed by atoms with Crippen LogP contribution in [0.3, 0.4) is 0 Å². The molecule has 0 N–H and O–H groups in total. The van der Waals surface area contributed by atoms with Crippen LogP contribution in [0.5, 0.6) is 0 Å². The first kappa shape index (κ1) is 17.9. The van der Waals surface area contributed by atoms with E-state index in [9.17, 15) is 9.59 Å². The maximum absolute atomic E-state index is 13.3. The molecule has 0 bridgehead atoms. The van der Waals surface area contributed by atoms with Crippen molar-refractivity contribution in [1.29, 1.82) is 0 Å². The predicted molar refractivity (Wildman–Crippen MR) is 100 cm³/mol. The fourth-order valence-corrected chi connectivity index (χ4v) is 4.39. The number of methoxy groups -OCH3 is 1. The van der Waals surface area contributed by atoms with Crippen molar-refractivity contribution in [2.75, 3.05) is 33.4 Å². The fourth-order valence-electron chi connectivity index (χ4n) is 4.39. The lowest BCUT2D eigenvalue weighted by Crippen LogP contribution is -2.61. The Hall–Kier alpha value is -2.54. The van der Waals surface area contributed by atoms with Crippen molar-refractivity contribution in [2.24, 2.45) is 0 Å². The van der Waals surface area contributed by atoms with E-state index in [1.165, 1.54) is 0 Å². The van der Waals surface area contributed by atoms with Crippen LogP contribution in [0, 0.1) is 0 Å². The number of nitrogens with zero attached hydrogens (tertiary/aromatic N) is 4. The van der Waals surface area contributed by atoms with Gasteiger partial charge in [0, 0.05) is 44.7 Å². The van der Waals surface area contributed by atoms with Crippen molar-refractivity contribution < 1.29 is 14.3 Å². The van der Waals surface area contributed by atoms with Crippen LogP contribution in [0.15, 0.2) is 30.6 Å². The summed E-state index contributed by atoms with van der Waals surface area (Å²) in [5.74, 6) is -0.0285. The standard InChI is InChI=1S/C20H24N4O3/c1-27-13-12-23-10-2-6-20(19(23)26)7-3-11-24(20)18(25)15-4-5-16-17(14-15)22-9-8-21-16/h4-5,8-9,14H,2-3,6-7,10-13H2,1H3. The second-order valence-electron chi connectivity index (χ2n) is 7.24. The lowest BCUT2D eigenvalue weighted by atomic mass is 9.85. The van der Waals surface area contributed by atoms with E-state index >= 15 is 0 Å². The molecule has 2 aliphatic heterocycles. The quantitative estimate of drug-likeness (QED) is 0.824. The maximum atomic E-state index is 13.3. The van der Waals surface area contributed by atoms with Crippen molar-refractivity contribution in [1.82, 2.24) is 19.8 Å². The van der Waals surface area contributed by atoms with Gasteiger partial charge in [-0.25, -0.2) is 0 Å². The number of carbonyl (C=O) groups excluding carboxylic acids is 2. The number of rotatable bonds is 4. The minimum atomic E-state index is -0.708. The Morgan fingerprint density at radius 1 is 1.15 bits per heavy atom. The van der Waals surface area contributed by atoms with E-state index in [4.69, 9.17) is 4.74 Å². The molecule has 1 unspecified atom stereocenters. The molecular formula is C20H24N4O3. The number of fused-ring (bicyclic) bond motifs is 1. The Morgan fingerprint density at radius 3 is 2.67 bits per heavy atom. The SMILES string of the molecule is COCCN1CCCC2(CCCN2C(=O)c2ccc3nccnc3c2)C1=O. The minimum absolute atomic E-state index is 0.0669. The van der Waals surface area contributed by atoms with Gasteiger partial charge in [-0.05, 0) is 43.9 Å². The van der Waals surface area contributed by atoms with Crippen LogP contribution in [-0.2, 0) is 9.53 Å². The van der Waals surface area contributed by atoms with Crippen LogP contribution in [0.25, 0.3) is 11.0 Å². The van der Waals surface area contributed by atoms with Crippen LogP contribution in [0.2, 0.25) is 0 Å². The molecule has 7 heteroatoms. The smallest absolute Gasteiger partial charge is 0.254 e. The van der Waals surface area contributed by atoms with E-state index in [2.05, 4.69) is 9.97 Å². The Bertz CT molecular complexity index is 871. The third kappa shape index (κ3) is 3.06. The third-order valence-corrected chi connectivity index (χ3v) is 5.72. The molecule has 0 aliphatic carbocycles. The number of piperidine rings is 1. The number of carbonyl (C=O) groups is 2. The summed E-state index contributed by atoms with van der Waals surface area (Å²) < 4.78 is 5.14. The molecule has 2 fully saturated rings. The molecule has 1 spiro atoms. The van der Waals surface area contributed by atoms with Gasteiger partial charge in [-0.3, -0.25) is 19.6 Å². The zero-order valence-electron chi connectivity index (χ0n) is 15.6. The summed E-state index contributed by atoms with van der Waals surface area (Å²) in [6.07, 6.45) is 6.47. The van der Waals surface area contributed by atoms with Gasteiger partial charge in [0.05, 0.1) is 17.6 Å². The first-order valence-corrected chi connectivity index (χ1v) is 9.47. The highest BCUT2D eigenvalue weighted by Crippen LogP contribution is 2.39. The molecule has 4 rings (SSSR count). The third-order valence-electron chi connectivity index (χ3n) is 5.72. The molecule has 27 heavy (non-hydrogen) atoms. The van der Waals surface area contributed by atoms with Crippen LogP contribution in [0.1, 0.15) is 36.0 Å². The van der Waals surface area contributed by atoms with Gasteiger partial charge in [-0.2, -0.15) is 0 Å². The van der Waals surface area contributed by atoms with E-state index in [0.717, 1.165) is 37.7 Å². The Labute approximate surface area is 158 Å². The molecular weight excluding hydrogens is 344 g/mol. The van der Waals surface area contributed by atoms with Gasteiger partial charge in [0.15, 0.2) is 0 Å². The van der Waals surface area contributed by atoms with Crippen molar-refractivity contribution in [3.8, 4) is 0 Å². The molecule has 2 amide bonds. The molecule has 1 aromatic carbocycles. The van der Waals surface area contributed by atoms with Crippen molar-refractivity contribution >= 4 is 22.8 Å². The average molecular weight is 368 g/mol. The van der Waals surface area contributed by atoms with Gasteiger partial charge in [-0.15, -0.1) is 0 Å². The van der Waals surface area contributed by atoms with Gasteiger partial charge in [-0.1, -0.05) is 0 Å². The van der Waals surface area contributed by atoms with Crippen LogP contribution < -0.4 is 0 Å². The summed E-state index contributed by atoms with van der Waals surface area (Å²) in [4.78, 5) is 38.8. The van der Waals surface area contributed by atoms with Crippen molar-refractivity contribution in [3.05, 3.63) is 36.2 Å². The number of hydrogen-bond acceptors (Lipinski definition) is 5. The predicted octanol–water partition coefficient (Wildman–Crippen LogP) is 1.87. The van der Waals surface area contributed by atoms with Gasteiger partial charge in [0.2, 0.25) is 5.91 Å². The Balaban J connectivity index is 1.63. The minimum Gasteiger partial charge on any atom is -0.383 e. The van der Waals surface area contributed by atoms with Gasteiger partial charge in [0.1, 0.15) is 5.54 Å². The van der Waals surface area contributed by atoms with Crippen molar-refractivity contribution in [2.45, 2.75) is 31.2 Å². The molecule has 0 radical (unpaired) electrons. The van der Waals surface area contributed by atoms with Crippen LogP contribution in [-0.4, -0.2) is 70.5 Å². The van der Waals surface area contributed by atoms with E-state index in [0.29, 0.717) is 30.8 Å². The summed E-state index contributed by atoms with van der Waals surface area (Å²) in [7, 11) is 1.64. The highest BCUT2D eigenvalue weighted by atomic mass is 16.5. The molecule has 0 saturated carbocycles. The molecule has 1 aromatic heterocycles. The summed E-state index contributed by atoms with van der Waals surface area (Å²) in [5, 5.41) is 0. The van der Waals surface area contributed by atoms with Crippen LogP contribution >= 0.6 is 0 Å². The van der Waals surface area contributed by atoms with Crippen molar-refractivity contribution in [3.63, 3.8) is 0 Å². The molecule has 2 saturated heterocycles. The number of likely N-dealkylation sites (tertiary alicyclic amines) is 2. The summed E-state index contributed by atoms with van der Waals surface area (Å²) in [6.45, 7) is 2.43. The lowest BCUT2D eigenvalue weighted by Gasteiger charge is -2.44. The highest BCUT2D eigenvalue weighted by Gasteiger charge is 2.52. The number of aromatic nitrogens is 2. The number of hydrogen-bond donors (Lipinski definition) is 0. The number of amides is 2. The zero-order valence-corrected chi connectivity index (χ0v) is 15.6. The number of ether oxygens (including phenoxy) is 1. The summed E-state index contributed by atoms with van der Waals surface area (Å²) in [6, 6.07) is 5.36. The van der Waals surface area contributed by atoms with E-state index in [-0.39, 0.29) is 11.8 Å². The second-order valence-corrected chi connectivity index (χ2v) is 7.24. The largest absolute Gasteiger partial charge is 0.383 e. The monoisotopic (exact) mass is 368 g/mol. The number of benzene rings is 1. The highest BCUT2D eigenvalue weighted by molar-refractivity contribution is 6.01. The maximum Gasteiger partial charge on any atom is 0.254 e. The fraction of sp³-hybridized carbons (Fsp3) is 0.500. The molecule has 3 heterocycles. The van der Waals surface area contributed by atoms with E-state index in [1.54, 1.807) is 36.5 Å². The first-order valence-electron chi connectivity index (χ1n) is 9.47.